The van der Waals surface area contributed by atoms with E-state index >= 15 is 0 Å². The molecule has 0 bridgehead atoms. The molecular weight excluding hydrogens is 480 g/mol. The number of rotatable bonds is 6. The van der Waals surface area contributed by atoms with Crippen LogP contribution in [0.25, 0.3) is 10.9 Å². The van der Waals surface area contributed by atoms with Gasteiger partial charge in [-0.3, -0.25) is 9.59 Å². The quantitative estimate of drug-likeness (QED) is 0.460. The maximum absolute atomic E-state index is 12.3. The average molecular weight is 513 g/mol. The number of nitrogens with one attached hydrogen (secondary N) is 3. The van der Waals surface area contributed by atoms with Crippen LogP contribution in [0.5, 0.6) is 0 Å². The molecule has 10 heteroatoms. The van der Waals surface area contributed by atoms with Crippen LogP contribution in [0.15, 0.2) is 64.5 Å². The van der Waals surface area contributed by atoms with E-state index in [1.54, 1.807) is 25.1 Å². The second-order valence-corrected chi connectivity index (χ2v) is 10.7. The van der Waals surface area contributed by atoms with E-state index in [2.05, 4.69) is 26.9 Å². The van der Waals surface area contributed by atoms with Gasteiger partial charge >= 0.3 is 6.03 Å². The zero-order valence-electron chi connectivity index (χ0n) is 20.5. The summed E-state index contributed by atoms with van der Waals surface area (Å²) in [4.78, 5) is 41.0. The molecule has 2 amide bonds. The zero-order chi connectivity index (χ0) is 26.1. The molecule has 3 aromatic rings. The molecule has 0 radical (unpaired) electrons. The van der Waals surface area contributed by atoms with Crippen molar-refractivity contribution in [3.8, 4) is 0 Å². The minimum Gasteiger partial charge on any atom is -0.335 e. The number of H-pyrrole nitrogens is 1. The van der Waals surface area contributed by atoms with Gasteiger partial charge in [-0.2, -0.15) is 0 Å². The van der Waals surface area contributed by atoms with Crippen molar-refractivity contribution in [1.82, 2.24) is 20.0 Å². The molecule has 0 spiro atoms. The Labute approximate surface area is 210 Å². The second-order valence-electron chi connectivity index (χ2n) is 9.00. The van der Waals surface area contributed by atoms with Crippen molar-refractivity contribution >= 4 is 32.7 Å². The largest absolute Gasteiger partial charge is 0.335 e. The van der Waals surface area contributed by atoms with Gasteiger partial charge in [-0.05, 0) is 61.4 Å². The second kappa shape index (κ2) is 12.4. The molecule has 0 atom stereocenters. The van der Waals surface area contributed by atoms with Crippen molar-refractivity contribution in [2.24, 2.45) is 5.92 Å². The Balaban J connectivity index is 0.000000270. The van der Waals surface area contributed by atoms with Crippen LogP contribution in [0.1, 0.15) is 51.5 Å². The van der Waals surface area contributed by atoms with Crippen LogP contribution in [-0.4, -0.2) is 36.2 Å². The molecule has 4 rings (SSSR count). The van der Waals surface area contributed by atoms with E-state index < -0.39 is 16.1 Å². The number of aromatic amines is 1. The van der Waals surface area contributed by atoms with Crippen molar-refractivity contribution in [3.05, 3.63) is 70.8 Å². The molecule has 0 aliphatic heterocycles. The highest BCUT2D eigenvalue weighted by Crippen LogP contribution is 2.23. The minimum atomic E-state index is -3.92. The number of hydrogen-bond acceptors (Lipinski definition) is 6. The van der Waals surface area contributed by atoms with Gasteiger partial charge in [-0.1, -0.05) is 38.1 Å². The highest BCUT2D eigenvalue weighted by molar-refractivity contribution is 7.90. The lowest BCUT2D eigenvalue weighted by molar-refractivity contribution is -0.118. The molecule has 1 aliphatic carbocycles. The maximum Gasteiger partial charge on any atom is 0.328 e. The summed E-state index contributed by atoms with van der Waals surface area (Å²) >= 11 is 0. The van der Waals surface area contributed by atoms with Crippen molar-refractivity contribution in [1.29, 1.82) is 0 Å². The van der Waals surface area contributed by atoms with Crippen molar-refractivity contribution in [2.75, 3.05) is 0 Å². The number of fused-ring (bicyclic) bond motifs is 1. The van der Waals surface area contributed by atoms with E-state index in [1.807, 2.05) is 18.2 Å². The zero-order valence-corrected chi connectivity index (χ0v) is 21.3. The normalized spacial score (nSPS) is 17.5. The summed E-state index contributed by atoms with van der Waals surface area (Å²) in [6.45, 7) is 3.97. The number of sulfonamides is 1. The van der Waals surface area contributed by atoms with Gasteiger partial charge in [0, 0.05) is 18.9 Å². The van der Waals surface area contributed by atoms with Crippen molar-refractivity contribution < 1.29 is 18.0 Å². The Hall–Kier alpha value is -3.53. The number of hydrogen-bond donors (Lipinski definition) is 3. The number of ketones is 1. The summed E-state index contributed by atoms with van der Waals surface area (Å²) < 4.78 is 26.6. The third-order valence-corrected chi connectivity index (χ3v) is 7.50. The lowest BCUT2D eigenvalue weighted by Crippen LogP contribution is -2.45. The lowest BCUT2D eigenvalue weighted by Gasteiger charge is -2.26. The monoisotopic (exact) mass is 512 g/mol. The van der Waals surface area contributed by atoms with Gasteiger partial charge in [0.2, 0.25) is 0 Å². The topological polar surface area (TPSA) is 138 Å². The molecule has 9 nitrogen and oxygen atoms in total. The molecule has 192 valence electrons. The van der Waals surface area contributed by atoms with Crippen LogP contribution in [0.2, 0.25) is 0 Å². The SMILES string of the molecule is CCC(=O)Cc1ccc(S(=O)(=O)NC(=O)NC2CCC(C)CC2)cc1.O=c1[nH]cnc2ccccc12. The highest BCUT2D eigenvalue weighted by Gasteiger charge is 2.23. The number of urea groups is 1. The first-order chi connectivity index (χ1) is 17.2. The van der Waals surface area contributed by atoms with Gasteiger partial charge in [0.1, 0.15) is 5.78 Å². The molecule has 1 fully saturated rings. The summed E-state index contributed by atoms with van der Waals surface area (Å²) in [5.74, 6) is 0.748. The first-order valence-corrected chi connectivity index (χ1v) is 13.5. The Morgan fingerprint density at radius 1 is 1.03 bits per heavy atom. The van der Waals surface area contributed by atoms with E-state index in [-0.39, 0.29) is 28.7 Å². The Bertz CT molecular complexity index is 1340. The van der Waals surface area contributed by atoms with Gasteiger partial charge in [-0.25, -0.2) is 22.9 Å². The summed E-state index contributed by atoms with van der Waals surface area (Å²) in [6.07, 6.45) is 5.95. The van der Waals surface area contributed by atoms with E-state index in [9.17, 15) is 22.8 Å². The Morgan fingerprint density at radius 3 is 2.33 bits per heavy atom. The number of aromatic nitrogens is 2. The maximum atomic E-state index is 12.3. The van der Waals surface area contributed by atoms with Gasteiger partial charge in [0.15, 0.2) is 0 Å². The molecule has 1 saturated carbocycles. The fraction of sp³-hybridized carbons (Fsp3) is 0.385. The molecule has 1 aromatic heterocycles. The van der Waals surface area contributed by atoms with Gasteiger partial charge in [0.05, 0.1) is 22.1 Å². The average Bonchev–Trinajstić information content (AvgIpc) is 2.86. The molecule has 0 unspecified atom stereocenters. The van der Waals surface area contributed by atoms with Crippen LogP contribution in [-0.2, 0) is 21.2 Å². The molecule has 1 heterocycles. The number of amides is 2. The lowest BCUT2D eigenvalue weighted by atomic mass is 9.87. The van der Waals surface area contributed by atoms with Crippen LogP contribution < -0.4 is 15.6 Å². The standard InChI is InChI=1S/C18H26N2O4S.C8H6N2O/c1-3-16(21)12-14-6-10-17(11-7-14)25(23,24)20-18(22)19-15-8-4-13(2)5-9-15;11-8-6-3-1-2-4-7(6)9-5-10-8/h6-7,10-11,13,15H,3-5,8-9,12H2,1-2H3,(H2,19,20,22);1-5H,(H,9,10,11). The van der Waals surface area contributed by atoms with Crippen LogP contribution >= 0.6 is 0 Å². The third kappa shape index (κ3) is 7.74. The number of benzene rings is 2. The van der Waals surface area contributed by atoms with E-state index in [4.69, 9.17) is 0 Å². The van der Waals surface area contributed by atoms with Crippen LogP contribution in [0.4, 0.5) is 4.79 Å². The molecule has 1 aliphatic rings. The smallest absolute Gasteiger partial charge is 0.328 e. The first-order valence-electron chi connectivity index (χ1n) is 12.0. The molecule has 3 N–H and O–H groups in total. The van der Waals surface area contributed by atoms with Gasteiger partial charge in [0.25, 0.3) is 15.6 Å². The summed E-state index contributed by atoms with van der Waals surface area (Å²) in [7, 11) is -3.92. The first kappa shape index (κ1) is 27.1. The van der Waals surface area contributed by atoms with E-state index in [1.165, 1.54) is 18.5 Å². The predicted molar refractivity (Wildman–Crippen MR) is 138 cm³/mol. The van der Waals surface area contributed by atoms with Crippen LogP contribution in [0.3, 0.4) is 0 Å². The fourth-order valence-corrected chi connectivity index (χ4v) is 4.87. The molecular formula is C26H32N4O5S. The van der Waals surface area contributed by atoms with Gasteiger partial charge in [-0.15, -0.1) is 0 Å². The molecule has 2 aromatic carbocycles. The highest BCUT2D eigenvalue weighted by atomic mass is 32.2. The summed E-state index contributed by atoms with van der Waals surface area (Å²) in [5, 5.41) is 3.37. The molecule has 36 heavy (non-hydrogen) atoms. The number of para-hydroxylation sites is 1. The summed E-state index contributed by atoms with van der Waals surface area (Å²) in [5.41, 5.74) is 1.40. The van der Waals surface area contributed by atoms with Gasteiger partial charge < -0.3 is 10.3 Å². The number of carbonyl (C=O) groups excluding carboxylic acids is 2. The van der Waals surface area contributed by atoms with E-state index in [0.29, 0.717) is 17.7 Å². The summed E-state index contributed by atoms with van der Waals surface area (Å²) in [6, 6.07) is 12.6. The fourth-order valence-electron chi connectivity index (χ4n) is 3.96. The predicted octanol–water partition coefficient (Wildman–Crippen LogP) is 3.70. The Morgan fingerprint density at radius 2 is 1.69 bits per heavy atom. The van der Waals surface area contributed by atoms with E-state index in [0.717, 1.165) is 36.8 Å². The number of carbonyl (C=O) groups is 2. The van der Waals surface area contributed by atoms with Crippen molar-refractivity contribution in [2.45, 2.75) is 63.3 Å². The number of nitrogens with zero attached hydrogens (tertiary/aromatic N) is 1. The Kier molecular flexibility index (Phi) is 9.35. The minimum absolute atomic E-state index is 0.00705. The molecule has 0 saturated heterocycles. The third-order valence-electron chi connectivity index (χ3n) is 6.16. The number of Topliss-reactive ketones (excluding diaryl/α,β-unsaturated/α-hetero) is 1. The van der Waals surface area contributed by atoms with Crippen LogP contribution in [0, 0.1) is 5.92 Å². The van der Waals surface area contributed by atoms with Crippen molar-refractivity contribution in [3.63, 3.8) is 0 Å².